The summed E-state index contributed by atoms with van der Waals surface area (Å²) >= 11 is 0. The van der Waals surface area contributed by atoms with Gasteiger partial charge < -0.3 is 9.47 Å². The van der Waals surface area contributed by atoms with Gasteiger partial charge in [-0.3, -0.25) is 4.79 Å². The maximum absolute atomic E-state index is 13.1. The van der Waals surface area contributed by atoms with Crippen LogP contribution in [0.1, 0.15) is 21.5 Å². The van der Waals surface area contributed by atoms with Crippen molar-refractivity contribution in [3.63, 3.8) is 0 Å². The number of carbonyl (C=O) groups excluding carboxylic acids is 2. The molecule has 0 saturated carbocycles. The smallest absolute Gasteiger partial charge is 0.344 e. The topological polar surface area (TPSA) is 52.6 Å². The van der Waals surface area contributed by atoms with Crippen LogP contribution in [0.5, 0.6) is 5.75 Å². The number of rotatable bonds is 7. The predicted octanol–water partition coefficient (Wildman–Crippen LogP) is 4.18. The molecule has 0 atom stereocenters. The third-order valence-corrected chi connectivity index (χ3v) is 3.80. The van der Waals surface area contributed by atoms with Crippen LogP contribution in [-0.4, -0.2) is 18.4 Å². The Hall–Kier alpha value is -3.47. The predicted molar refractivity (Wildman–Crippen MR) is 98.0 cm³/mol. The standard InChI is InChI=1S/C22H17FO4/c23-19-8-4-5-16(13-19)14-27-21(24)15-26-20-11-9-18(10-12-20)22(25)17-6-2-1-3-7-17/h1-13H,14-15H2. The lowest BCUT2D eigenvalue weighted by Gasteiger charge is -2.08. The molecule has 0 aliphatic rings. The number of halogens is 1. The highest BCUT2D eigenvalue weighted by Gasteiger charge is 2.09. The summed E-state index contributed by atoms with van der Waals surface area (Å²) in [6, 6.07) is 21.3. The van der Waals surface area contributed by atoms with Gasteiger partial charge in [0.15, 0.2) is 12.4 Å². The van der Waals surface area contributed by atoms with Crippen LogP contribution in [0.15, 0.2) is 78.9 Å². The molecule has 0 saturated heterocycles. The van der Waals surface area contributed by atoms with Gasteiger partial charge in [-0.1, -0.05) is 42.5 Å². The number of hydrogen-bond acceptors (Lipinski definition) is 4. The Labute approximate surface area is 156 Å². The van der Waals surface area contributed by atoms with Gasteiger partial charge in [0.05, 0.1) is 0 Å². The lowest BCUT2D eigenvalue weighted by Crippen LogP contribution is -2.14. The maximum Gasteiger partial charge on any atom is 0.344 e. The molecule has 4 nitrogen and oxygen atoms in total. The van der Waals surface area contributed by atoms with Crippen molar-refractivity contribution in [1.29, 1.82) is 0 Å². The Morgan fingerprint density at radius 1 is 0.815 bits per heavy atom. The number of ether oxygens (including phenoxy) is 2. The largest absolute Gasteiger partial charge is 0.482 e. The number of benzene rings is 3. The second-order valence-electron chi connectivity index (χ2n) is 5.80. The number of hydrogen-bond donors (Lipinski definition) is 0. The fourth-order valence-corrected chi connectivity index (χ4v) is 2.43. The van der Waals surface area contributed by atoms with E-state index in [0.29, 0.717) is 22.4 Å². The third kappa shape index (κ3) is 5.25. The van der Waals surface area contributed by atoms with Gasteiger partial charge in [-0.2, -0.15) is 0 Å². The molecule has 3 aromatic carbocycles. The fourth-order valence-electron chi connectivity index (χ4n) is 2.43. The minimum absolute atomic E-state index is 0.0233. The minimum atomic E-state index is -0.566. The molecule has 0 heterocycles. The van der Waals surface area contributed by atoms with Crippen molar-refractivity contribution in [3.8, 4) is 5.75 Å². The molecule has 0 radical (unpaired) electrons. The van der Waals surface area contributed by atoms with Crippen LogP contribution in [0.3, 0.4) is 0 Å². The van der Waals surface area contributed by atoms with E-state index in [0.717, 1.165) is 0 Å². The second-order valence-corrected chi connectivity index (χ2v) is 5.80. The quantitative estimate of drug-likeness (QED) is 0.466. The summed E-state index contributed by atoms with van der Waals surface area (Å²) in [6.45, 7) is -0.300. The summed E-state index contributed by atoms with van der Waals surface area (Å²) in [5.41, 5.74) is 1.70. The zero-order valence-electron chi connectivity index (χ0n) is 14.4. The van der Waals surface area contributed by atoms with E-state index in [9.17, 15) is 14.0 Å². The molecule has 136 valence electrons. The number of ketones is 1. The van der Waals surface area contributed by atoms with Crippen LogP contribution >= 0.6 is 0 Å². The number of esters is 1. The van der Waals surface area contributed by atoms with E-state index < -0.39 is 5.97 Å². The fraction of sp³-hybridized carbons (Fsp3) is 0.0909. The first kappa shape index (κ1) is 18.3. The monoisotopic (exact) mass is 364 g/mol. The van der Waals surface area contributed by atoms with E-state index in [2.05, 4.69) is 0 Å². The molecule has 5 heteroatoms. The Balaban J connectivity index is 1.49. The van der Waals surface area contributed by atoms with E-state index in [-0.39, 0.29) is 24.8 Å². The number of carbonyl (C=O) groups is 2. The highest BCUT2D eigenvalue weighted by molar-refractivity contribution is 6.08. The zero-order chi connectivity index (χ0) is 19.1. The van der Waals surface area contributed by atoms with Gasteiger partial charge in [-0.05, 0) is 42.0 Å². The second kappa shape index (κ2) is 8.76. The van der Waals surface area contributed by atoms with Crippen molar-refractivity contribution in [3.05, 3.63) is 101 Å². The molecular weight excluding hydrogens is 347 g/mol. The molecule has 3 rings (SSSR count). The van der Waals surface area contributed by atoms with E-state index >= 15 is 0 Å². The van der Waals surface area contributed by atoms with Crippen LogP contribution in [-0.2, 0) is 16.1 Å². The molecule has 0 N–H and O–H groups in total. The summed E-state index contributed by atoms with van der Waals surface area (Å²) < 4.78 is 23.5. The van der Waals surface area contributed by atoms with Gasteiger partial charge in [0.2, 0.25) is 0 Å². The Bertz CT molecular complexity index is 921. The summed E-state index contributed by atoms with van der Waals surface area (Å²) in [5.74, 6) is -0.590. The van der Waals surface area contributed by atoms with Crippen LogP contribution in [0.2, 0.25) is 0 Å². The minimum Gasteiger partial charge on any atom is -0.482 e. The molecule has 0 aliphatic carbocycles. The van der Waals surface area contributed by atoms with Gasteiger partial charge in [0.25, 0.3) is 0 Å². The first-order valence-corrected chi connectivity index (χ1v) is 8.34. The van der Waals surface area contributed by atoms with Crippen LogP contribution in [0.4, 0.5) is 4.39 Å². The van der Waals surface area contributed by atoms with Crippen molar-refractivity contribution in [2.45, 2.75) is 6.61 Å². The zero-order valence-corrected chi connectivity index (χ0v) is 14.4. The average molecular weight is 364 g/mol. The SMILES string of the molecule is O=C(COc1ccc(C(=O)c2ccccc2)cc1)OCc1cccc(F)c1. The van der Waals surface area contributed by atoms with Crippen molar-refractivity contribution in [2.75, 3.05) is 6.61 Å². The summed E-state index contributed by atoms with van der Waals surface area (Å²) in [7, 11) is 0. The van der Waals surface area contributed by atoms with E-state index in [1.54, 1.807) is 60.7 Å². The van der Waals surface area contributed by atoms with Crippen LogP contribution in [0, 0.1) is 5.82 Å². The van der Waals surface area contributed by atoms with Crippen molar-refractivity contribution in [2.24, 2.45) is 0 Å². The third-order valence-electron chi connectivity index (χ3n) is 3.80. The van der Waals surface area contributed by atoms with E-state index in [1.165, 1.54) is 12.1 Å². The molecular formula is C22H17FO4. The van der Waals surface area contributed by atoms with Crippen LogP contribution in [0.25, 0.3) is 0 Å². The molecule has 27 heavy (non-hydrogen) atoms. The molecule has 0 spiro atoms. The van der Waals surface area contributed by atoms with Gasteiger partial charge in [0.1, 0.15) is 18.2 Å². The molecule has 0 amide bonds. The van der Waals surface area contributed by atoms with Gasteiger partial charge in [-0.15, -0.1) is 0 Å². The summed E-state index contributed by atoms with van der Waals surface area (Å²) in [6.07, 6.45) is 0. The lowest BCUT2D eigenvalue weighted by atomic mass is 10.0. The van der Waals surface area contributed by atoms with Crippen LogP contribution < -0.4 is 4.74 Å². The highest BCUT2D eigenvalue weighted by atomic mass is 19.1. The Morgan fingerprint density at radius 2 is 1.52 bits per heavy atom. The highest BCUT2D eigenvalue weighted by Crippen LogP contribution is 2.15. The van der Waals surface area contributed by atoms with E-state index in [4.69, 9.17) is 9.47 Å². The summed E-state index contributed by atoms with van der Waals surface area (Å²) in [5, 5.41) is 0. The van der Waals surface area contributed by atoms with Gasteiger partial charge in [0, 0.05) is 11.1 Å². The first-order chi connectivity index (χ1) is 13.1. The summed E-state index contributed by atoms with van der Waals surface area (Å²) in [4.78, 5) is 24.1. The Morgan fingerprint density at radius 3 is 2.22 bits per heavy atom. The van der Waals surface area contributed by atoms with Crippen molar-refractivity contribution >= 4 is 11.8 Å². The molecule has 0 bridgehead atoms. The molecule has 0 aliphatic heterocycles. The Kier molecular flexibility index (Phi) is 5.94. The molecule has 0 aromatic heterocycles. The average Bonchev–Trinajstić information content (AvgIpc) is 2.71. The molecule has 0 unspecified atom stereocenters. The normalized spacial score (nSPS) is 10.3. The molecule has 0 fully saturated rings. The first-order valence-electron chi connectivity index (χ1n) is 8.34. The van der Waals surface area contributed by atoms with Crippen molar-refractivity contribution in [1.82, 2.24) is 0 Å². The van der Waals surface area contributed by atoms with Gasteiger partial charge >= 0.3 is 5.97 Å². The van der Waals surface area contributed by atoms with Crippen molar-refractivity contribution < 1.29 is 23.5 Å². The molecule has 3 aromatic rings. The lowest BCUT2D eigenvalue weighted by molar-refractivity contribution is -0.147. The van der Waals surface area contributed by atoms with Gasteiger partial charge in [-0.25, -0.2) is 9.18 Å². The maximum atomic E-state index is 13.1. The van der Waals surface area contributed by atoms with E-state index in [1.807, 2.05) is 6.07 Å².